The number of aromatic amines is 1. The molecule has 1 aromatic heterocycles. The lowest BCUT2D eigenvalue weighted by atomic mass is 10.1. The van der Waals surface area contributed by atoms with Crippen LogP contribution in [0, 0.1) is 11.3 Å². The van der Waals surface area contributed by atoms with Gasteiger partial charge in [-0.3, -0.25) is 9.51 Å². The fourth-order valence-electron chi connectivity index (χ4n) is 4.74. The van der Waals surface area contributed by atoms with E-state index < -0.39 is 5.76 Å². The molecule has 0 aliphatic carbocycles. The molecular formula is C34H47N3O5. The lowest BCUT2D eigenvalue weighted by molar-refractivity contribution is -0.00880. The summed E-state index contributed by atoms with van der Waals surface area (Å²) in [6.07, 6.45) is 16.3. The van der Waals surface area contributed by atoms with Crippen molar-refractivity contribution in [2.75, 3.05) is 19.8 Å². The van der Waals surface area contributed by atoms with E-state index >= 15 is 0 Å². The predicted molar refractivity (Wildman–Crippen MR) is 164 cm³/mol. The van der Waals surface area contributed by atoms with Crippen LogP contribution >= 0.6 is 0 Å². The van der Waals surface area contributed by atoms with E-state index in [1.165, 1.54) is 70.6 Å². The normalized spacial score (nSPS) is 11.7. The second-order valence-electron chi connectivity index (χ2n) is 10.8. The molecule has 0 saturated heterocycles. The lowest BCUT2D eigenvalue weighted by Crippen LogP contribution is -2.29. The number of aromatic nitrogens is 2. The lowest BCUT2D eigenvalue weighted by Gasteiger charge is -2.19. The number of nitriles is 1. The van der Waals surface area contributed by atoms with Crippen LogP contribution in [0.4, 0.5) is 0 Å². The molecule has 0 spiro atoms. The minimum atomic E-state index is -0.556. The highest BCUT2D eigenvalue weighted by Gasteiger charge is 2.13. The van der Waals surface area contributed by atoms with Gasteiger partial charge < -0.3 is 14.2 Å². The number of ether oxygens (including phenoxy) is 3. The van der Waals surface area contributed by atoms with Crippen LogP contribution in [0.25, 0.3) is 0 Å². The highest BCUT2D eigenvalue weighted by molar-refractivity contribution is 5.29. The highest BCUT2D eigenvalue weighted by atomic mass is 16.6. The molecule has 0 bridgehead atoms. The Morgan fingerprint density at radius 1 is 0.786 bits per heavy atom. The van der Waals surface area contributed by atoms with Crippen LogP contribution in [0.2, 0.25) is 0 Å². The van der Waals surface area contributed by atoms with Crippen LogP contribution in [0.3, 0.4) is 0 Å². The van der Waals surface area contributed by atoms with Gasteiger partial charge in [0, 0.05) is 13.0 Å². The molecule has 0 saturated carbocycles. The maximum atomic E-state index is 11.1. The van der Waals surface area contributed by atoms with Crippen molar-refractivity contribution in [1.29, 1.82) is 5.26 Å². The summed E-state index contributed by atoms with van der Waals surface area (Å²) in [6, 6.07) is 17.4. The van der Waals surface area contributed by atoms with E-state index in [9.17, 15) is 4.79 Å². The van der Waals surface area contributed by atoms with Crippen molar-refractivity contribution in [3.05, 3.63) is 76.0 Å². The van der Waals surface area contributed by atoms with Crippen LogP contribution in [0.5, 0.6) is 11.5 Å². The van der Waals surface area contributed by atoms with E-state index in [0.717, 1.165) is 29.0 Å². The van der Waals surface area contributed by atoms with Gasteiger partial charge in [-0.25, -0.2) is 4.79 Å². The van der Waals surface area contributed by atoms with Gasteiger partial charge in [-0.2, -0.15) is 5.26 Å². The van der Waals surface area contributed by atoms with Crippen molar-refractivity contribution in [1.82, 2.24) is 10.1 Å². The first kappa shape index (κ1) is 32.9. The van der Waals surface area contributed by atoms with Crippen molar-refractivity contribution >= 4 is 0 Å². The van der Waals surface area contributed by atoms with Gasteiger partial charge in [-0.1, -0.05) is 107 Å². The van der Waals surface area contributed by atoms with Gasteiger partial charge >= 0.3 is 5.76 Å². The summed E-state index contributed by atoms with van der Waals surface area (Å²) in [5, 5.41) is 12.6. The third-order valence-corrected chi connectivity index (χ3v) is 7.21. The molecule has 1 N–H and O–H groups in total. The topological polar surface area (TPSA) is 110 Å². The van der Waals surface area contributed by atoms with Crippen molar-refractivity contribution in [2.45, 2.75) is 103 Å². The van der Waals surface area contributed by atoms with Crippen LogP contribution in [0.1, 0.15) is 101 Å². The average Bonchev–Trinajstić information content (AvgIpc) is 3.42. The molecule has 0 aliphatic heterocycles. The maximum Gasteiger partial charge on any atom is 0.438 e. The van der Waals surface area contributed by atoms with E-state index in [4.69, 9.17) is 19.5 Å². The molecule has 1 atom stereocenters. The Balaban J connectivity index is 1.38. The minimum absolute atomic E-state index is 0.226. The quantitative estimate of drug-likeness (QED) is 0.116. The Morgan fingerprint density at radius 3 is 1.81 bits per heavy atom. The summed E-state index contributed by atoms with van der Waals surface area (Å²) >= 11 is 0. The van der Waals surface area contributed by atoms with Gasteiger partial charge in [0.25, 0.3) is 0 Å². The largest absolute Gasteiger partial charge is 0.491 e. The molecule has 1 heterocycles. The molecule has 0 radical (unpaired) electrons. The summed E-state index contributed by atoms with van der Waals surface area (Å²) in [4.78, 5) is 13.7. The SMILES string of the molecule is CCCCCCCCCCCCCCOC(COc1ccc(CC#N)cc1)COc1ccc(Cc2noc(=O)[nH]2)cc1. The van der Waals surface area contributed by atoms with Gasteiger partial charge in [-0.05, 0) is 41.8 Å². The molecule has 0 amide bonds. The van der Waals surface area contributed by atoms with Gasteiger partial charge in [0.2, 0.25) is 0 Å². The standard InChI is InChI=1S/C34H47N3O5/c1-2-3-4-5-6-7-8-9-10-11-12-13-24-39-32(26-40-30-18-14-28(15-19-30)22-23-35)27-41-31-20-16-29(17-21-31)25-33-36-34(38)42-37-33/h14-21,32H,2-13,22,24-27H2,1H3,(H,36,37,38). The fraction of sp³-hybridized carbons (Fsp3) is 0.559. The Hall–Kier alpha value is -3.57. The summed E-state index contributed by atoms with van der Waals surface area (Å²) in [7, 11) is 0. The Kier molecular flexibility index (Phi) is 15.9. The minimum Gasteiger partial charge on any atom is -0.491 e. The second kappa shape index (κ2) is 20.3. The first-order chi connectivity index (χ1) is 20.7. The number of hydrogen-bond donors (Lipinski definition) is 1. The van der Waals surface area contributed by atoms with Crippen LogP contribution in [-0.4, -0.2) is 36.1 Å². The zero-order chi connectivity index (χ0) is 29.7. The number of unbranched alkanes of at least 4 members (excludes halogenated alkanes) is 11. The summed E-state index contributed by atoms with van der Waals surface area (Å²) < 4.78 is 22.8. The van der Waals surface area contributed by atoms with Gasteiger partial charge in [0.1, 0.15) is 30.8 Å². The van der Waals surface area contributed by atoms with Gasteiger partial charge in [-0.15, -0.1) is 0 Å². The van der Waals surface area contributed by atoms with Crippen molar-refractivity contribution in [3.63, 3.8) is 0 Å². The third kappa shape index (κ3) is 13.9. The average molecular weight is 578 g/mol. The Bertz CT molecular complexity index is 1200. The molecule has 1 unspecified atom stereocenters. The van der Waals surface area contributed by atoms with E-state index in [1.54, 1.807) is 0 Å². The molecule has 8 heteroatoms. The number of benzene rings is 2. The molecule has 42 heavy (non-hydrogen) atoms. The molecule has 0 aliphatic rings. The van der Waals surface area contributed by atoms with Crippen molar-refractivity contribution in [3.8, 4) is 17.6 Å². The smallest absolute Gasteiger partial charge is 0.438 e. The summed E-state index contributed by atoms with van der Waals surface area (Å²) in [5.74, 6) is 1.40. The fourth-order valence-corrected chi connectivity index (χ4v) is 4.74. The first-order valence-electron chi connectivity index (χ1n) is 15.6. The molecular weight excluding hydrogens is 530 g/mol. The van der Waals surface area contributed by atoms with E-state index in [0.29, 0.717) is 38.5 Å². The molecule has 2 aromatic carbocycles. The zero-order valence-electron chi connectivity index (χ0n) is 25.2. The molecule has 3 rings (SSSR count). The molecule has 3 aromatic rings. The first-order valence-corrected chi connectivity index (χ1v) is 15.6. The summed E-state index contributed by atoms with van der Waals surface area (Å²) in [6.45, 7) is 3.67. The molecule has 228 valence electrons. The van der Waals surface area contributed by atoms with Gasteiger partial charge in [0.05, 0.1) is 12.5 Å². The summed E-state index contributed by atoms with van der Waals surface area (Å²) in [5.41, 5.74) is 1.95. The monoisotopic (exact) mass is 577 g/mol. The molecule has 0 fully saturated rings. The number of H-pyrrole nitrogens is 1. The zero-order valence-corrected chi connectivity index (χ0v) is 25.2. The number of nitrogens with zero attached hydrogens (tertiary/aromatic N) is 2. The van der Waals surface area contributed by atoms with Gasteiger partial charge in [0.15, 0.2) is 5.82 Å². The third-order valence-electron chi connectivity index (χ3n) is 7.21. The van der Waals surface area contributed by atoms with Crippen molar-refractivity contribution in [2.24, 2.45) is 0 Å². The van der Waals surface area contributed by atoms with Crippen LogP contribution in [-0.2, 0) is 17.6 Å². The van der Waals surface area contributed by atoms with E-state index in [-0.39, 0.29) is 6.10 Å². The highest BCUT2D eigenvalue weighted by Crippen LogP contribution is 2.17. The Morgan fingerprint density at radius 2 is 1.31 bits per heavy atom. The van der Waals surface area contributed by atoms with Crippen LogP contribution < -0.4 is 15.2 Å². The Labute approximate surface area is 250 Å². The number of hydrogen-bond acceptors (Lipinski definition) is 7. The maximum absolute atomic E-state index is 11.1. The number of rotatable bonds is 23. The van der Waals surface area contributed by atoms with E-state index in [1.807, 2.05) is 48.5 Å². The molecule has 8 nitrogen and oxygen atoms in total. The predicted octanol–water partition coefficient (Wildman–Crippen LogP) is 7.56. The van der Waals surface area contributed by atoms with E-state index in [2.05, 4.69) is 27.7 Å². The van der Waals surface area contributed by atoms with Crippen molar-refractivity contribution < 1.29 is 18.7 Å². The second-order valence-corrected chi connectivity index (χ2v) is 10.8. The number of nitrogens with one attached hydrogen (secondary N) is 1. The van der Waals surface area contributed by atoms with Crippen LogP contribution in [0.15, 0.2) is 57.8 Å².